The van der Waals surface area contributed by atoms with Gasteiger partial charge in [0.05, 0.1) is 11.0 Å². The SMILES string of the molecule is CC(Nc1nc2cc(F)ccc2n1C)C(=O)O. The minimum Gasteiger partial charge on any atom is -0.480 e. The number of anilines is 1. The van der Waals surface area contributed by atoms with Gasteiger partial charge in [0, 0.05) is 13.1 Å². The molecule has 0 spiro atoms. The Bertz CT molecular complexity index is 579. The van der Waals surface area contributed by atoms with Crippen molar-refractivity contribution in [1.82, 2.24) is 9.55 Å². The van der Waals surface area contributed by atoms with E-state index in [2.05, 4.69) is 10.3 Å². The van der Waals surface area contributed by atoms with Gasteiger partial charge in [-0.1, -0.05) is 0 Å². The number of benzene rings is 1. The lowest BCUT2D eigenvalue weighted by molar-refractivity contribution is -0.137. The van der Waals surface area contributed by atoms with Crippen LogP contribution in [0.15, 0.2) is 18.2 Å². The second-order valence-corrected chi connectivity index (χ2v) is 3.83. The van der Waals surface area contributed by atoms with Crippen molar-refractivity contribution < 1.29 is 14.3 Å². The number of aromatic nitrogens is 2. The van der Waals surface area contributed by atoms with Crippen LogP contribution in [0, 0.1) is 5.82 Å². The van der Waals surface area contributed by atoms with Crippen LogP contribution in [0.4, 0.5) is 10.3 Å². The molecule has 0 saturated carbocycles. The maximum Gasteiger partial charge on any atom is 0.325 e. The van der Waals surface area contributed by atoms with Gasteiger partial charge in [-0.15, -0.1) is 0 Å². The number of nitrogens with one attached hydrogen (secondary N) is 1. The van der Waals surface area contributed by atoms with E-state index < -0.39 is 12.0 Å². The third-order valence-electron chi connectivity index (χ3n) is 2.56. The zero-order chi connectivity index (χ0) is 12.6. The first kappa shape index (κ1) is 11.4. The molecule has 0 fully saturated rings. The molecule has 17 heavy (non-hydrogen) atoms. The minimum absolute atomic E-state index is 0.367. The summed E-state index contributed by atoms with van der Waals surface area (Å²) in [5, 5.41) is 11.5. The maximum absolute atomic E-state index is 13.0. The highest BCUT2D eigenvalue weighted by Gasteiger charge is 2.14. The second kappa shape index (κ2) is 4.04. The number of rotatable bonds is 3. The van der Waals surface area contributed by atoms with Gasteiger partial charge in [-0.2, -0.15) is 0 Å². The molecule has 0 aliphatic carbocycles. The Hall–Kier alpha value is -2.11. The van der Waals surface area contributed by atoms with E-state index in [-0.39, 0.29) is 5.82 Å². The van der Waals surface area contributed by atoms with Crippen LogP contribution < -0.4 is 5.32 Å². The Morgan fingerprint density at radius 3 is 2.94 bits per heavy atom. The molecule has 1 heterocycles. The molecule has 0 aliphatic heterocycles. The van der Waals surface area contributed by atoms with Crippen LogP contribution in [0.2, 0.25) is 0 Å². The van der Waals surface area contributed by atoms with Crippen molar-refractivity contribution in [2.24, 2.45) is 7.05 Å². The number of carboxylic acid groups (broad SMARTS) is 1. The molecule has 2 aromatic rings. The molecule has 5 nitrogen and oxygen atoms in total. The molecule has 0 saturated heterocycles. The van der Waals surface area contributed by atoms with Gasteiger partial charge in [-0.3, -0.25) is 4.79 Å². The van der Waals surface area contributed by atoms with Crippen LogP contribution in [0.1, 0.15) is 6.92 Å². The number of imidazole rings is 1. The van der Waals surface area contributed by atoms with Gasteiger partial charge < -0.3 is 15.0 Å². The standard InChI is InChI=1S/C11H12FN3O2/c1-6(10(16)17)13-11-14-8-5-7(12)3-4-9(8)15(11)2/h3-6H,1-2H3,(H,13,14)(H,16,17). The average Bonchev–Trinajstić information content (AvgIpc) is 2.55. The predicted octanol–water partition coefficient (Wildman–Crippen LogP) is 1.60. The lowest BCUT2D eigenvalue weighted by atomic mass is 10.3. The zero-order valence-corrected chi connectivity index (χ0v) is 9.44. The van der Waals surface area contributed by atoms with E-state index in [4.69, 9.17) is 5.11 Å². The summed E-state index contributed by atoms with van der Waals surface area (Å²) in [6.07, 6.45) is 0. The van der Waals surface area contributed by atoms with Crippen molar-refractivity contribution in [3.63, 3.8) is 0 Å². The highest BCUT2D eigenvalue weighted by molar-refractivity contribution is 5.80. The number of aryl methyl sites for hydroxylation is 1. The summed E-state index contributed by atoms with van der Waals surface area (Å²) < 4.78 is 14.7. The molecular formula is C11H12FN3O2. The average molecular weight is 237 g/mol. The minimum atomic E-state index is -0.969. The Kier molecular flexibility index (Phi) is 2.71. The smallest absolute Gasteiger partial charge is 0.325 e. The molecule has 2 rings (SSSR count). The van der Waals surface area contributed by atoms with E-state index in [1.165, 1.54) is 19.1 Å². The number of hydrogen-bond acceptors (Lipinski definition) is 3. The van der Waals surface area contributed by atoms with Gasteiger partial charge in [0.2, 0.25) is 5.95 Å². The van der Waals surface area contributed by atoms with Crippen molar-refractivity contribution in [1.29, 1.82) is 0 Å². The van der Waals surface area contributed by atoms with Gasteiger partial charge in [-0.25, -0.2) is 9.37 Å². The molecule has 6 heteroatoms. The van der Waals surface area contributed by atoms with Crippen LogP contribution in [0.5, 0.6) is 0 Å². The van der Waals surface area contributed by atoms with E-state index in [0.717, 1.165) is 5.52 Å². The van der Waals surface area contributed by atoms with E-state index in [9.17, 15) is 9.18 Å². The first-order chi connectivity index (χ1) is 7.99. The van der Waals surface area contributed by atoms with Crippen LogP contribution in [0.3, 0.4) is 0 Å². The summed E-state index contributed by atoms with van der Waals surface area (Å²) >= 11 is 0. The number of nitrogens with zero attached hydrogens (tertiary/aromatic N) is 2. The van der Waals surface area contributed by atoms with Gasteiger partial charge in [-0.05, 0) is 19.1 Å². The van der Waals surface area contributed by atoms with Crippen LogP contribution >= 0.6 is 0 Å². The predicted molar refractivity (Wildman–Crippen MR) is 61.4 cm³/mol. The lowest BCUT2D eigenvalue weighted by Gasteiger charge is -2.09. The van der Waals surface area contributed by atoms with Gasteiger partial charge in [0.1, 0.15) is 11.9 Å². The number of carboxylic acids is 1. The largest absolute Gasteiger partial charge is 0.480 e. The zero-order valence-electron chi connectivity index (χ0n) is 9.44. The van der Waals surface area contributed by atoms with Gasteiger partial charge >= 0.3 is 5.97 Å². The Labute approximate surface area is 96.9 Å². The highest BCUT2D eigenvalue weighted by atomic mass is 19.1. The molecule has 2 N–H and O–H groups in total. The molecular weight excluding hydrogens is 225 g/mol. The van der Waals surface area contributed by atoms with Crippen LogP contribution in [-0.4, -0.2) is 26.7 Å². The fraction of sp³-hybridized carbons (Fsp3) is 0.273. The Balaban J connectivity index is 2.42. The van der Waals surface area contributed by atoms with E-state index in [1.54, 1.807) is 17.7 Å². The van der Waals surface area contributed by atoms with Crippen molar-refractivity contribution in [3.05, 3.63) is 24.0 Å². The molecule has 1 atom stereocenters. The Morgan fingerprint density at radius 2 is 2.29 bits per heavy atom. The topological polar surface area (TPSA) is 67.2 Å². The summed E-state index contributed by atoms with van der Waals surface area (Å²) in [6.45, 7) is 1.52. The highest BCUT2D eigenvalue weighted by Crippen LogP contribution is 2.19. The van der Waals surface area contributed by atoms with E-state index in [0.29, 0.717) is 11.5 Å². The fourth-order valence-electron chi connectivity index (χ4n) is 1.56. The van der Waals surface area contributed by atoms with Crippen molar-refractivity contribution in [3.8, 4) is 0 Å². The first-order valence-electron chi connectivity index (χ1n) is 5.10. The summed E-state index contributed by atoms with van der Waals surface area (Å²) in [6, 6.07) is 3.50. The van der Waals surface area contributed by atoms with E-state index in [1.807, 2.05) is 0 Å². The molecule has 1 aromatic carbocycles. The Morgan fingerprint density at radius 1 is 1.59 bits per heavy atom. The molecule has 1 aromatic heterocycles. The van der Waals surface area contributed by atoms with Crippen molar-refractivity contribution >= 4 is 23.0 Å². The fourth-order valence-corrected chi connectivity index (χ4v) is 1.56. The maximum atomic E-state index is 13.0. The lowest BCUT2D eigenvalue weighted by Crippen LogP contribution is -2.26. The summed E-state index contributed by atoms with van der Waals surface area (Å²) in [5.74, 6) is -0.933. The molecule has 0 bridgehead atoms. The first-order valence-corrected chi connectivity index (χ1v) is 5.10. The normalized spacial score (nSPS) is 12.6. The van der Waals surface area contributed by atoms with Gasteiger partial charge in [0.25, 0.3) is 0 Å². The quantitative estimate of drug-likeness (QED) is 0.850. The summed E-state index contributed by atoms with van der Waals surface area (Å²) in [5.41, 5.74) is 1.24. The number of carbonyl (C=O) groups is 1. The van der Waals surface area contributed by atoms with E-state index >= 15 is 0 Å². The van der Waals surface area contributed by atoms with Crippen molar-refractivity contribution in [2.45, 2.75) is 13.0 Å². The third-order valence-corrected chi connectivity index (χ3v) is 2.56. The molecule has 0 aliphatic rings. The van der Waals surface area contributed by atoms with Crippen LogP contribution in [0.25, 0.3) is 11.0 Å². The summed E-state index contributed by atoms with van der Waals surface area (Å²) in [7, 11) is 1.74. The second-order valence-electron chi connectivity index (χ2n) is 3.83. The number of hydrogen-bond donors (Lipinski definition) is 2. The summed E-state index contributed by atoms with van der Waals surface area (Å²) in [4.78, 5) is 14.9. The third kappa shape index (κ3) is 2.06. The molecule has 1 unspecified atom stereocenters. The monoisotopic (exact) mass is 237 g/mol. The van der Waals surface area contributed by atoms with Crippen LogP contribution in [-0.2, 0) is 11.8 Å². The number of aliphatic carboxylic acids is 1. The van der Waals surface area contributed by atoms with Gasteiger partial charge in [0.15, 0.2) is 0 Å². The number of fused-ring (bicyclic) bond motifs is 1. The molecule has 0 amide bonds. The molecule has 90 valence electrons. The van der Waals surface area contributed by atoms with Crippen molar-refractivity contribution in [2.75, 3.05) is 5.32 Å². The molecule has 0 radical (unpaired) electrons. The number of halogens is 1.